The standard InChI is InChI=1S/C17H21N3O6S/c1-10-16(12(3)26-18-10)27(22,23)19-11(2)17(21)20(4)8-13-5-6-14-15(7-13)25-9-24-14/h5-7,11,19H,8-9H2,1-4H3/t11-/m0/s1. The Morgan fingerprint density at radius 1 is 1.30 bits per heavy atom. The molecule has 1 aromatic carbocycles. The van der Waals surface area contributed by atoms with E-state index in [1.54, 1.807) is 19.2 Å². The van der Waals surface area contributed by atoms with Gasteiger partial charge in [0.05, 0.1) is 6.04 Å². The lowest BCUT2D eigenvalue weighted by molar-refractivity contribution is -0.131. The number of ether oxygens (including phenoxy) is 2. The third-order valence-corrected chi connectivity index (χ3v) is 5.96. The number of carbonyl (C=O) groups is 1. The first kappa shape index (κ1) is 19.2. The van der Waals surface area contributed by atoms with Gasteiger partial charge in [-0.3, -0.25) is 4.79 Å². The van der Waals surface area contributed by atoms with Gasteiger partial charge in [-0.25, -0.2) is 8.42 Å². The highest BCUT2D eigenvalue weighted by Crippen LogP contribution is 2.32. The highest BCUT2D eigenvalue weighted by Gasteiger charge is 2.29. The molecule has 0 unspecified atom stereocenters. The monoisotopic (exact) mass is 395 g/mol. The molecule has 1 atom stereocenters. The number of fused-ring (bicyclic) bond motifs is 1. The Bertz CT molecular complexity index is 950. The summed E-state index contributed by atoms with van der Waals surface area (Å²) in [5, 5.41) is 3.64. The molecule has 0 saturated heterocycles. The fourth-order valence-corrected chi connectivity index (χ4v) is 4.45. The van der Waals surface area contributed by atoms with Crippen molar-refractivity contribution in [3.05, 3.63) is 35.2 Å². The first-order valence-electron chi connectivity index (χ1n) is 8.27. The minimum absolute atomic E-state index is 0.0411. The van der Waals surface area contributed by atoms with Crippen molar-refractivity contribution in [2.75, 3.05) is 13.8 Å². The van der Waals surface area contributed by atoms with Crippen LogP contribution in [0.1, 0.15) is 23.9 Å². The molecule has 0 spiro atoms. The van der Waals surface area contributed by atoms with E-state index in [0.29, 0.717) is 18.0 Å². The third kappa shape index (κ3) is 3.91. The Kier molecular flexibility index (Phi) is 5.11. The zero-order chi connectivity index (χ0) is 19.8. The average Bonchev–Trinajstić information content (AvgIpc) is 3.19. The number of carbonyl (C=O) groups excluding carboxylic acids is 1. The molecular formula is C17H21N3O6S. The van der Waals surface area contributed by atoms with Gasteiger partial charge < -0.3 is 18.9 Å². The molecule has 2 heterocycles. The number of benzene rings is 1. The van der Waals surface area contributed by atoms with Crippen molar-refractivity contribution >= 4 is 15.9 Å². The van der Waals surface area contributed by atoms with Crippen LogP contribution in [-0.4, -0.2) is 44.3 Å². The molecule has 0 radical (unpaired) electrons. The zero-order valence-electron chi connectivity index (χ0n) is 15.5. The summed E-state index contributed by atoms with van der Waals surface area (Å²) in [6.45, 7) is 5.01. The van der Waals surface area contributed by atoms with E-state index in [1.165, 1.54) is 25.7 Å². The molecule has 9 nitrogen and oxygen atoms in total. The van der Waals surface area contributed by atoms with Crippen LogP contribution in [0.5, 0.6) is 11.5 Å². The van der Waals surface area contributed by atoms with Crippen molar-refractivity contribution in [3.63, 3.8) is 0 Å². The predicted molar refractivity (Wildman–Crippen MR) is 94.8 cm³/mol. The largest absolute Gasteiger partial charge is 0.454 e. The van der Waals surface area contributed by atoms with Crippen molar-refractivity contribution in [3.8, 4) is 11.5 Å². The fourth-order valence-electron chi connectivity index (χ4n) is 2.92. The smallest absolute Gasteiger partial charge is 0.246 e. The van der Waals surface area contributed by atoms with Gasteiger partial charge in [-0.05, 0) is 38.5 Å². The molecule has 0 saturated carbocycles. The first-order valence-corrected chi connectivity index (χ1v) is 9.76. The lowest BCUT2D eigenvalue weighted by Crippen LogP contribution is -2.45. The van der Waals surface area contributed by atoms with Crippen LogP contribution in [0.3, 0.4) is 0 Å². The number of hydrogen-bond donors (Lipinski definition) is 1. The van der Waals surface area contributed by atoms with Gasteiger partial charge in [-0.1, -0.05) is 11.2 Å². The van der Waals surface area contributed by atoms with Crippen molar-refractivity contribution in [1.29, 1.82) is 0 Å². The maximum Gasteiger partial charge on any atom is 0.246 e. The van der Waals surface area contributed by atoms with Crippen LogP contribution in [0.4, 0.5) is 0 Å². The molecule has 1 aromatic heterocycles. The Morgan fingerprint density at radius 2 is 2.00 bits per heavy atom. The van der Waals surface area contributed by atoms with E-state index in [9.17, 15) is 13.2 Å². The number of aryl methyl sites for hydroxylation is 2. The van der Waals surface area contributed by atoms with Crippen LogP contribution in [0.25, 0.3) is 0 Å². The van der Waals surface area contributed by atoms with Gasteiger partial charge in [-0.2, -0.15) is 4.72 Å². The SMILES string of the molecule is Cc1noc(C)c1S(=O)(=O)N[C@@H](C)C(=O)N(C)Cc1ccc2c(c1)OCO2. The number of amides is 1. The van der Waals surface area contributed by atoms with Crippen LogP contribution in [0.15, 0.2) is 27.6 Å². The summed E-state index contributed by atoms with van der Waals surface area (Å²) in [6, 6.07) is 4.45. The number of sulfonamides is 1. The number of nitrogens with one attached hydrogen (secondary N) is 1. The van der Waals surface area contributed by atoms with Gasteiger partial charge in [0.15, 0.2) is 17.3 Å². The van der Waals surface area contributed by atoms with Gasteiger partial charge in [0.1, 0.15) is 10.6 Å². The molecule has 1 N–H and O–H groups in total. The maximum absolute atomic E-state index is 12.6. The molecule has 146 valence electrons. The number of likely N-dealkylation sites (N-methyl/N-ethyl adjacent to an activating group) is 1. The van der Waals surface area contributed by atoms with Crippen LogP contribution >= 0.6 is 0 Å². The summed E-state index contributed by atoms with van der Waals surface area (Å²) in [4.78, 5) is 14.0. The molecule has 1 aliphatic heterocycles. The summed E-state index contributed by atoms with van der Waals surface area (Å²) in [5.74, 6) is 1.09. The van der Waals surface area contributed by atoms with Crippen molar-refractivity contribution in [2.45, 2.75) is 38.3 Å². The summed E-state index contributed by atoms with van der Waals surface area (Å²) in [5.41, 5.74) is 1.09. The highest BCUT2D eigenvalue weighted by molar-refractivity contribution is 7.89. The minimum Gasteiger partial charge on any atom is -0.454 e. The summed E-state index contributed by atoms with van der Waals surface area (Å²) >= 11 is 0. The zero-order valence-corrected chi connectivity index (χ0v) is 16.3. The Labute approximate surface area is 157 Å². The second-order valence-corrected chi connectivity index (χ2v) is 8.03. The summed E-state index contributed by atoms with van der Waals surface area (Å²) in [7, 11) is -2.32. The van der Waals surface area contributed by atoms with Crippen LogP contribution in [-0.2, 0) is 21.4 Å². The van der Waals surface area contributed by atoms with E-state index >= 15 is 0 Å². The van der Waals surface area contributed by atoms with Crippen molar-refractivity contribution in [2.24, 2.45) is 0 Å². The molecule has 0 aliphatic carbocycles. The van der Waals surface area contributed by atoms with Crippen molar-refractivity contribution in [1.82, 2.24) is 14.8 Å². The number of nitrogens with zero attached hydrogens (tertiary/aromatic N) is 2. The van der Waals surface area contributed by atoms with Gasteiger partial charge in [0.2, 0.25) is 22.7 Å². The van der Waals surface area contributed by atoms with Crippen LogP contribution < -0.4 is 14.2 Å². The van der Waals surface area contributed by atoms with Crippen LogP contribution in [0, 0.1) is 13.8 Å². The lowest BCUT2D eigenvalue weighted by Gasteiger charge is -2.22. The number of hydrogen-bond acceptors (Lipinski definition) is 7. The highest BCUT2D eigenvalue weighted by atomic mass is 32.2. The van der Waals surface area contributed by atoms with E-state index in [0.717, 1.165) is 5.56 Å². The Morgan fingerprint density at radius 3 is 2.67 bits per heavy atom. The second kappa shape index (κ2) is 7.20. The molecule has 2 aromatic rings. The molecule has 0 fully saturated rings. The Hall–Kier alpha value is -2.59. The molecule has 1 aliphatic rings. The Balaban J connectivity index is 1.68. The van der Waals surface area contributed by atoms with E-state index in [1.807, 2.05) is 6.07 Å². The predicted octanol–water partition coefficient (Wildman–Crippen LogP) is 1.35. The van der Waals surface area contributed by atoms with Gasteiger partial charge in [0.25, 0.3) is 0 Å². The fraction of sp³-hybridized carbons (Fsp3) is 0.412. The molecule has 0 bridgehead atoms. The molecule has 1 amide bonds. The van der Waals surface area contributed by atoms with E-state index in [4.69, 9.17) is 14.0 Å². The lowest BCUT2D eigenvalue weighted by atomic mass is 10.2. The average molecular weight is 395 g/mol. The van der Waals surface area contributed by atoms with Gasteiger partial charge in [-0.15, -0.1) is 0 Å². The van der Waals surface area contributed by atoms with Crippen molar-refractivity contribution < 1.29 is 27.2 Å². The molecular weight excluding hydrogens is 374 g/mol. The molecule has 27 heavy (non-hydrogen) atoms. The normalized spacial score (nSPS) is 14.2. The summed E-state index contributed by atoms with van der Waals surface area (Å²) in [6.07, 6.45) is 0. The first-order chi connectivity index (χ1) is 12.7. The molecule has 3 rings (SSSR count). The summed E-state index contributed by atoms with van der Waals surface area (Å²) < 4.78 is 43.0. The number of aromatic nitrogens is 1. The second-order valence-electron chi connectivity index (χ2n) is 6.38. The van der Waals surface area contributed by atoms with Crippen LogP contribution in [0.2, 0.25) is 0 Å². The third-order valence-electron chi connectivity index (χ3n) is 4.17. The minimum atomic E-state index is -3.93. The number of rotatable bonds is 6. The molecule has 10 heteroatoms. The van der Waals surface area contributed by atoms with E-state index < -0.39 is 16.1 Å². The van der Waals surface area contributed by atoms with Gasteiger partial charge >= 0.3 is 0 Å². The maximum atomic E-state index is 12.6. The van der Waals surface area contributed by atoms with E-state index in [-0.39, 0.29) is 29.0 Å². The van der Waals surface area contributed by atoms with E-state index in [2.05, 4.69) is 9.88 Å². The topological polar surface area (TPSA) is 111 Å². The van der Waals surface area contributed by atoms with Gasteiger partial charge in [0, 0.05) is 13.6 Å². The quantitative estimate of drug-likeness (QED) is 0.786.